The molecule has 9 aromatic rings. The average molecular weight is 615 g/mol. The second-order valence-corrected chi connectivity index (χ2v) is 13.8. The van der Waals surface area contributed by atoms with Gasteiger partial charge in [-0.15, -0.1) is 0 Å². The molecular formula is C45H30N2O. The van der Waals surface area contributed by atoms with E-state index in [1.165, 1.54) is 77.2 Å². The molecule has 0 bridgehead atoms. The Labute approximate surface area is 277 Å². The molecule has 3 nitrogen and oxygen atoms in total. The Balaban J connectivity index is 1.05. The minimum atomic E-state index is -0.149. The third-order valence-corrected chi connectivity index (χ3v) is 10.9. The van der Waals surface area contributed by atoms with Gasteiger partial charge in [0.2, 0.25) is 0 Å². The number of ether oxygens (including phenoxy) is 1. The molecule has 0 atom stereocenters. The summed E-state index contributed by atoms with van der Waals surface area (Å²) in [6.45, 7) is 4.75. The van der Waals surface area contributed by atoms with Crippen LogP contribution < -0.4 is 4.74 Å². The van der Waals surface area contributed by atoms with Crippen molar-refractivity contribution < 1.29 is 4.74 Å². The Kier molecular flexibility index (Phi) is 4.91. The van der Waals surface area contributed by atoms with Gasteiger partial charge in [-0.25, -0.2) is 0 Å². The third-order valence-electron chi connectivity index (χ3n) is 10.9. The van der Waals surface area contributed by atoms with Crippen LogP contribution in [0.2, 0.25) is 0 Å². The van der Waals surface area contributed by atoms with Gasteiger partial charge in [0, 0.05) is 32.6 Å². The number of benzene rings is 7. The predicted molar refractivity (Wildman–Crippen MR) is 198 cm³/mol. The molecule has 0 radical (unpaired) electrons. The number of fused-ring (bicyclic) bond motifs is 11. The second kappa shape index (κ2) is 9.05. The zero-order valence-corrected chi connectivity index (χ0v) is 26.7. The highest BCUT2D eigenvalue weighted by Gasteiger charge is 2.36. The van der Waals surface area contributed by atoms with E-state index in [2.05, 4.69) is 156 Å². The lowest BCUT2D eigenvalue weighted by Gasteiger charge is -2.23. The van der Waals surface area contributed by atoms with Crippen LogP contribution in [-0.2, 0) is 5.41 Å². The SMILES string of the molecule is CC1(C)c2cc(-c3ccc4c(c3)c3cccc5c3n4-c3ccccc3O5)ccc2-c2ccc(-n3c4ccccc4c4ccccc43)cc21. The highest BCUT2D eigenvalue weighted by atomic mass is 16.5. The lowest BCUT2D eigenvalue weighted by molar-refractivity contribution is 0.476. The summed E-state index contributed by atoms with van der Waals surface area (Å²) in [5.74, 6) is 1.79. The first-order chi connectivity index (χ1) is 23.6. The van der Waals surface area contributed by atoms with Gasteiger partial charge < -0.3 is 13.9 Å². The highest BCUT2D eigenvalue weighted by molar-refractivity contribution is 6.13. The minimum absolute atomic E-state index is 0.149. The molecule has 48 heavy (non-hydrogen) atoms. The lowest BCUT2D eigenvalue weighted by atomic mass is 9.81. The monoisotopic (exact) mass is 614 g/mol. The number of hydrogen-bond acceptors (Lipinski definition) is 1. The standard InChI is InChI=1S/C45H30N2O/c1-45(2)36-25-28(27-19-23-40-35(24-27)34-12-9-17-43-44(34)47(40)41-15-7-8-16-42(41)48-43)18-21-30(36)31-22-20-29(26-37(31)45)46-38-13-5-3-10-32(38)33-11-4-6-14-39(33)46/h3-26H,1-2H3. The summed E-state index contributed by atoms with van der Waals surface area (Å²) < 4.78 is 11.1. The van der Waals surface area contributed by atoms with Crippen LogP contribution in [0.15, 0.2) is 146 Å². The van der Waals surface area contributed by atoms with Gasteiger partial charge in [0.15, 0.2) is 11.5 Å². The Morgan fingerprint density at radius 3 is 1.88 bits per heavy atom. The summed E-state index contributed by atoms with van der Waals surface area (Å²) in [7, 11) is 0. The third kappa shape index (κ3) is 3.28. The van der Waals surface area contributed by atoms with E-state index in [1.807, 2.05) is 12.1 Å². The van der Waals surface area contributed by atoms with E-state index in [1.54, 1.807) is 0 Å². The van der Waals surface area contributed by atoms with E-state index in [9.17, 15) is 0 Å². The number of nitrogens with zero attached hydrogens (tertiary/aromatic N) is 2. The van der Waals surface area contributed by atoms with Gasteiger partial charge in [0.25, 0.3) is 0 Å². The lowest BCUT2D eigenvalue weighted by Crippen LogP contribution is -2.15. The molecule has 7 aromatic carbocycles. The Morgan fingerprint density at radius 2 is 1.06 bits per heavy atom. The van der Waals surface area contributed by atoms with Crippen LogP contribution in [0.3, 0.4) is 0 Å². The fraction of sp³-hybridized carbons (Fsp3) is 0.0667. The van der Waals surface area contributed by atoms with Crippen molar-refractivity contribution in [1.29, 1.82) is 0 Å². The summed E-state index contributed by atoms with van der Waals surface area (Å²) in [5, 5.41) is 5.03. The second-order valence-electron chi connectivity index (χ2n) is 13.8. The number of rotatable bonds is 2. The first-order valence-electron chi connectivity index (χ1n) is 16.7. The number of aromatic nitrogens is 2. The first kappa shape index (κ1) is 26.1. The topological polar surface area (TPSA) is 19.1 Å². The van der Waals surface area contributed by atoms with Crippen LogP contribution in [-0.4, -0.2) is 9.13 Å². The normalized spacial score (nSPS) is 14.0. The van der Waals surface area contributed by atoms with Crippen molar-refractivity contribution in [2.45, 2.75) is 19.3 Å². The zero-order chi connectivity index (χ0) is 31.7. The fourth-order valence-electron chi connectivity index (χ4n) is 8.64. The van der Waals surface area contributed by atoms with Crippen molar-refractivity contribution in [3.63, 3.8) is 0 Å². The van der Waals surface area contributed by atoms with Gasteiger partial charge in [0.1, 0.15) is 0 Å². The molecule has 3 heterocycles. The Hall–Kier alpha value is -6.06. The molecule has 3 heteroatoms. The molecule has 226 valence electrons. The molecule has 2 aliphatic rings. The van der Waals surface area contributed by atoms with Gasteiger partial charge in [0.05, 0.1) is 27.8 Å². The van der Waals surface area contributed by atoms with Crippen LogP contribution in [0.4, 0.5) is 0 Å². The van der Waals surface area contributed by atoms with Crippen LogP contribution in [0.5, 0.6) is 11.5 Å². The molecule has 0 spiro atoms. The first-order valence-corrected chi connectivity index (χ1v) is 16.7. The summed E-state index contributed by atoms with van der Waals surface area (Å²) in [6, 6.07) is 53.2. The Morgan fingerprint density at radius 1 is 0.458 bits per heavy atom. The summed E-state index contributed by atoms with van der Waals surface area (Å²) in [5.41, 5.74) is 14.8. The quantitative estimate of drug-likeness (QED) is 0.190. The highest BCUT2D eigenvalue weighted by Crippen LogP contribution is 2.51. The molecule has 0 unspecified atom stereocenters. The maximum Gasteiger partial charge on any atom is 0.152 e. The molecule has 2 aromatic heterocycles. The van der Waals surface area contributed by atoms with Crippen molar-refractivity contribution in [1.82, 2.24) is 9.13 Å². The van der Waals surface area contributed by atoms with Crippen molar-refractivity contribution in [3.05, 3.63) is 157 Å². The summed E-state index contributed by atoms with van der Waals surface area (Å²) >= 11 is 0. The van der Waals surface area contributed by atoms with Crippen molar-refractivity contribution in [3.8, 4) is 45.1 Å². The molecule has 0 saturated carbocycles. The van der Waals surface area contributed by atoms with E-state index in [0.29, 0.717) is 0 Å². The molecule has 0 amide bonds. The van der Waals surface area contributed by atoms with E-state index in [0.717, 1.165) is 22.7 Å². The van der Waals surface area contributed by atoms with Crippen molar-refractivity contribution in [2.24, 2.45) is 0 Å². The molecule has 0 fully saturated rings. The van der Waals surface area contributed by atoms with Crippen LogP contribution >= 0.6 is 0 Å². The number of hydrogen-bond donors (Lipinski definition) is 0. The van der Waals surface area contributed by atoms with Gasteiger partial charge in [-0.05, 0) is 94.0 Å². The van der Waals surface area contributed by atoms with Crippen molar-refractivity contribution >= 4 is 43.6 Å². The van der Waals surface area contributed by atoms with E-state index in [4.69, 9.17) is 4.74 Å². The molecular weight excluding hydrogens is 585 g/mol. The largest absolute Gasteiger partial charge is 0.453 e. The van der Waals surface area contributed by atoms with Crippen molar-refractivity contribution in [2.75, 3.05) is 0 Å². The molecule has 0 saturated heterocycles. The van der Waals surface area contributed by atoms with Gasteiger partial charge in [-0.2, -0.15) is 0 Å². The summed E-state index contributed by atoms with van der Waals surface area (Å²) in [4.78, 5) is 0. The van der Waals surface area contributed by atoms with E-state index >= 15 is 0 Å². The predicted octanol–water partition coefficient (Wildman–Crippen LogP) is 12.0. The minimum Gasteiger partial charge on any atom is -0.453 e. The summed E-state index contributed by atoms with van der Waals surface area (Å²) in [6.07, 6.45) is 0. The fourth-order valence-corrected chi connectivity index (χ4v) is 8.64. The van der Waals surface area contributed by atoms with E-state index in [-0.39, 0.29) is 5.41 Å². The molecule has 1 aliphatic heterocycles. The molecule has 11 rings (SSSR count). The van der Waals surface area contributed by atoms with Gasteiger partial charge in [-0.1, -0.05) is 98.8 Å². The van der Waals surface area contributed by atoms with Crippen LogP contribution in [0.25, 0.3) is 77.2 Å². The maximum absolute atomic E-state index is 6.35. The van der Waals surface area contributed by atoms with Gasteiger partial charge in [-0.3, -0.25) is 0 Å². The van der Waals surface area contributed by atoms with Crippen LogP contribution in [0, 0.1) is 0 Å². The van der Waals surface area contributed by atoms with E-state index < -0.39 is 0 Å². The van der Waals surface area contributed by atoms with Gasteiger partial charge >= 0.3 is 0 Å². The zero-order valence-electron chi connectivity index (χ0n) is 26.7. The molecule has 1 aliphatic carbocycles. The Bertz CT molecular complexity index is 2790. The maximum atomic E-state index is 6.35. The average Bonchev–Trinajstić information content (AvgIpc) is 3.72. The number of para-hydroxylation sites is 5. The molecule has 0 N–H and O–H groups in total. The smallest absolute Gasteiger partial charge is 0.152 e. The van der Waals surface area contributed by atoms with Crippen LogP contribution in [0.1, 0.15) is 25.0 Å².